The number of fused-ring (bicyclic) bond motifs is 1. The minimum Gasteiger partial charge on any atom is -0.497 e. The van der Waals surface area contributed by atoms with E-state index in [2.05, 4.69) is 23.2 Å². The predicted octanol–water partition coefficient (Wildman–Crippen LogP) is 3.46. The summed E-state index contributed by atoms with van der Waals surface area (Å²) in [7, 11) is 1.67. The molecule has 1 amide bonds. The number of amides is 1. The lowest BCUT2D eigenvalue weighted by Gasteiger charge is -2.33. The molecule has 0 N–H and O–H groups in total. The third-order valence-electron chi connectivity index (χ3n) is 4.71. The number of morpholine rings is 1. The molecule has 0 aliphatic carbocycles. The molecule has 1 aliphatic rings. The van der Waals surface area contributed by atoms with Crippen molar-refractivity contribution in [2.75, 3.05) is 26.8 Å². The maximum atomic E-state index is 12.7. The first-order valence-corrected chi connectivity index (χ1v) is 8.63. The summed E-state index contributed by atoms with van der Waals surface area (Å²) in [5.74, 6) is 0.837. The van der Waals surface area contributed by atoms with Crippen LogP contribution in [0.4, 0.5) is 0 Å². The normalized spacial score (nSPS) is 17.3. The van der Waals surface area contributed by atoms with Crippen molar-refractivity contribution in [3.8, 4) is 5.75 Å². The Labute approximate surface area is 152 Å². The first-order valence-electron chi connectivity index (χ1n) is 8.63. The summed E-state index contributed by atoms with van der Waals surface area (Å²) in [5, 5.41) is 2.25. The molecule has 2 heterocycles. The molecule has 1 fully saturated rings. The van der Waals surface area contributed by atoms with E-state index in [0.29, 0.717) is 25.3 Å². The number of carbonyl (C=O) groups excluding carboxylic acids is 1. The standard InChI is InChI=1S/C21H20N2O3/c1-25-19-7-6-15-11-17(5-4-16(15)12-19)20-14-23(9-10-26-20)21(24)18-3-2-8-22-13-18/h2-8,11-13,20H,9-10,14H2,1H3/t20-/m1/s1. The molecular formula is C21H20N2O3. The number of hydrogen-bond donors (Lipinski definition) is 0. The van der Waals surface area contributed by atoms with Crippen LogP contribution in [0.25, 0.3) is 10.8 Å². The third kappa shape index (κ3) is 3.26. The molecule has 2 aromatic carbocycles. The number of hydrogen-bond acceptors (Lipinski definition) is 4. The van der Waals surface area contributed by atoms with E-state index >= 15 is 0 Å². The summed E-state index contributed by atoms with van der Waals surface area (Å²) in [6.45, 7) is 1.65. The average Bonchev–Trinajstić information content (AvgIpc) is 2.73. The number of rotatable bonds is 3. The molecule has 0 bridgehead atoms. The second-order valence-electron chi connectivity index (χ2n) is 6.32. The highest BCUT2D eigenvalue weighted by Crippen LogP contribution is 2.28. The monoisotopic (exact) mass is 348 g/mol. The highest BCUT2D eigenvalue weighted by Gasteiger charge is 2.26. The van der Waals surface area contributed by atoms with Gasteiger partial charge in [-0.25, -0.2) is 0 Å². The summed E-state index contributed by atoms with van der Waals surface area (Å²) in [6.07, 6.45) is 3.15. The highest BCUT2D eigenvalue weighted by atomic mass is 16.5. The quantitative estimate of drug-likeness (QED) is 0.727. The van der Waals surface area contributed by atoms with Crippen molar-refractivity contribution in [3.63, 3.8) is 0 Å². The Hall–Kier alpha value is -2.92. The minimum absolute atomic E-state index is 0.00285. The first-order chi connectivity index (χ1) is 12.7. The van der Waals surface area contributed by atoms with Crippen LogP contribution in [0.15, 0.2) is 60.9 Å². The third-order valence-corrected chi connectivity index (χ3v) is 4.71. The second-order valence-corrected chi connectivity index (χ2v) is 6.32. The molecule has 5 heteroatoms. The molecule has 26 heavy (non-hydrogen) atoms. The van der Waals surface area contributed by atoms with E-state index in [4.69, 9.17) is 9.47 Å². The van der Waals surface area contributed by atoms with E-state index < -0.39 is 0 Å². The van der Waals surface area contributed by atoms with Gasteiger partial charge in [-0.1, -0.05) is 18.2 Å². The molecule has 3 aromatic rings. The van der Waals surface area contributed by atoms with Gasteiger partial charge in [-0.15, -0.1) is 0 Å². The van der Waals surface area contributed by atoms with Crippen LogP contribution >= 0.6 is 0 Å². The van der Waals surface area contributed by atoms with E-state index in [-0.39, 0.29) is 12.0 Å². The molecule has 4 rings (SSSR count). The fourth-order valence-electron chi connectivity index (χ4n) is 3.28. The van der Waals surface area contributed by atoms with Crippen LogP contribution in [0, 0.1) is 0 Å². The fourth-order valence-corrected chi connectivity index (χ4v) is 3.28. The number of benzene rings is 2. The average molecular weight is 348 g/mol. The van der Waals surface area contributed by atoms with E-state index in [1.807, 2.05) is 23.1 Å². The lowest BCUT2D eigenvalue weighted by molar-refractivity contribution is -0.0227. The lowest BCUT2D eigenvalue weighted by Crippen LogP contribution is -2.42. The Morgan fingerprint density at radius 1 is 1.19 bits per heavy atom. The molecular weight excluding hydrogens is 328 g/mol. The molecule has 1 aliphatic heterocycles. The summed E-state index contributed by atoms with van der Waals surface area (Å²) in [4.78, 5) is 18.5. The van der Waals surface area contributed by atoms with E-state index in [1.54, 1.807) is 31.6 Å². The van der Waals surface area contributed by atoms with Crippen molar-refractivity contribution in [2.45, 2.75) is 6.10 Å². The van der Waals surface area contributed by atoms with Crippen LogP contribution < -0.4 is 4.74 Å². The maximum absolute atomic E-state index is 12.7. The Balaban J connectivity index is 1.56. The molecule has 1 aromatic heterocycles. The maximum Gasteiger partial charge on any atom is 0.255 e. The number of methoxy groups -OCH3 is 1. The Kier molecular flexibility index (Phi) is 4.54. The number of pyridine rings is 1. The fraction of sp³-hybridized carbons (Fsp3) is 0.238. The van der Waals surface area contributed by atoms with Crippen LogP contribution in [-0.2, 0) is 4.74 Å². The number of carbonyl (C=O) groups is 1. The molecule has 132 valence electrons. The number of nitrogens with zero attached hydrogens (tertiary/aromatic N) is 2. The molecule has 0 unspecified atom stereocenters. The summed E-state index contributed by atoms with van der Waals surface area (Å²) >= 11 is 0. The van der Waals surface area contributed by atoms with Gasteiger partial charge < -0.3 is 14.4 Å². The van der Waals surface area contributed by atoms with Crippen LogP contribution in [-0.4, -0.2) is 42.6 Å². The molecule has 0 radical (unpaired) electrons. The van der Waals surface area contributed by atoms with Crippen LogP contribution in [0.2, 0.25) is 0 Å². The van der Waals surface area contributed by atoms with Gasteiger partial charge in [-0.2, -0.15) is 0 Å². The van der Waals surface area contributed by atoms with Gasteiger partial charge in [0.15, 0.2) is 0 Å². The van der Waals surface area contributed by atoms with Gasteiger partial charge in [0.25, 0.3) is 5.91 Å². The minimum atomic E-state index is -0.129. The zero-order valence-electron chi connectivity index (χ0n) is 14.6. The molecule has 1 atom stereocenters. The predicted molar refractivity (Wildman–Crippen MR) is 99.3 cm³/mol. The van der Waals surface area contributed by atoms with Crippen LogP contribution in [0.3, 0.4) is 0 Å². The molecule has 5 nitrogen and oxygen atoms in total. The van der Waals surface area contributed by atoms with Gasteiger partial charge in [0.2, 0.25) is 0 Å². The zero-order valence-corrected chi connectivity index (χ0v) is 14.6. The summed E-state index contributed by atoms with van der Waals surface area (Å²) in [5.41, 5.74) is 1.69. The molecule has 1 saturated heterocycles. The molecule has 0 saturated carbocycles. The Morgan fingerprint density at radius 2 is 2.04 bits per heavy atom. The van der Waals surface area contributed by atoms with E-state index in [1.165, 1.54) is 0 Å². The summed E-state index contributed by atoms with van der Waals surface area (Å²) < 4.78 is 11.2. The molecule has 0 spiro atoms. The van der Waals surface area contributed by atoms with Gasteiger partial charge >= 0.3 is 0 Å². The summed E-state index contributed by atoms with van der Waals surface area (Å²) in [6, 6.07) is 15.8. The second kappa shape index (κ2) is 7.14. The van der Waals surface area contributed by atoms with Crippen molar-refractivity contribution in [1.29, 1.82) is 0 Å². The first kappa shape index (κ1) is 16.5. The Morgan fingerprint density at radius 3 is 2.85 bits per heavy atom. The lowest BCUT2D eigenvalue weighted by atomic mass is 10.0. The van der Waals surface area contributed by atoms with Crippen LogP contribution in [0.5, 0.6) is 5.75 Å². The highest BCUT2D eigenvalue weighted by molar-refractivity contribution is 5.94. The van der Waals surface area contributed by atoms with Gasteiger partial charge in [0.1, 0.15) is 11.9 Å². The number of ether oxygens (including phenoxy) is 2. The van der Waals surface area contributed by atoms with E-state index in [9.17, 15) is 4.79 Å². The van der Waals surface area contributed by atoms with Gasteiger partial charge in [-0.05, 0) is 46.7 Å². The number of aromatic nitrogens is 1. The van der Waals surface area contributed by atoms with Crippen molar-refractivity contribution in [3.05, 3.63) is 72.1 Å². The van der Waals surface area contributed by atoms with Crippen molar-refractivity contribution < 1.29 is 14.3 Å². The van der Waals surface area contributed by atoms with Crippen molar-refractivity contribution >= 4 is 16.7 Å². The van der Waals surface area contributed by atoms with Gasteiger partial charge in [-0.3, -0.25) is 9.78 Å². The van der Waals surface area contributed by atoms with Gasteiger partial charge in [0.05, 0.1) is 25.8 Å². The zero-order chi connectivity index (χ0) is 17.9. The topological polar surface area (TPSA) is 51.7 Å². The van der Waals surface area contributed by atoms with Crippen LogP contribution in [0.1, 0.15) is 22.0 Å². The largest absolute Gasteiger partial charge is 0.497 e. The SMILES string of the molecule is COc1ccc2cc([C@H]3CN(C(=O)c4cccnc4)CCO3)ccc2c1. The Bertz CT molecular complexity index is 927. The van der Waals surface area contributed by atoms with Crippen molar-refractivity contribution in [1.82, 2.24) is 9.88 Å². The smallest absolute Gasteiger partial charge is 0.255 e. The van der Waals surface area contributed by atoms with Crippen molar-refractivity contribution in [2.24, 2.45) is 0 Å². The van der Waals surface area contributed by atoms with Gasteiger partial charge in [0, 0.05) is 18.9 Å². The van der Waals surface area contributed by atoms with E-state index in [0.717, 1.165) is 22.1 Å².